The van der Waals surface area contributed by atoms with E-state index in [1.807, 2.05) is 6.92 Å². The van der Waals surface area contributed by atoms with Crippen molar-refractivity contribution in [1.82, 2.24) is 0 Å². The normalized spacial score (nSPS) is 12.6. The smallest absolute Gasteiger partial charge is 0.126 e. The molecular formula is C11H17FN2. The number of hydrogen-bond acceptors (Lipinski definition) is 2. The lowest BCUT2D eigenvalue weighted by atomic mass is 10.2. The molecule has 14 heavy (non-hydrogen) atoms. The molecule has 78 valence electrons. The Labute approximate surface area is 84.3 Å². The molecule has 0 amide bonds. The molecule has 0 aliphatic heterocycles. The third-order valence-electron chi connectivity index (χ3n) is 2.09. The fraction of sp³-hybridized carbons (Fsp3) is 0.455. The molecule has 1 rings (SSSR count). The van der Waals surface area contributed by atoms with Crippen LogP contribution in [0.5, 0.6) is 0 Å². The Morgan fingerprint density at radius 3 is 2.79 bits per heavy atom. The molecule has 0 aliphatic carbocycles. The van der Waals surface area contributed by atoms with Gasteiger partial charge in [-0.2, -0.15) is 0 Å². The first-order chi connectivity index (χ1) is 6.59. The van der Waals surface area contributed by atoms with Crippen LogP contribution in [-0.4, -0.2) is 12.6 Å². The topological polar surface area (TPSA) is 38.0 Å². The molecule has 0 fully saturated rings. The predicted octanol–water partition coefficient (Wildman–Crippen LogP) is 2.28. The van der Waals surface area contributed by atoms with Crippen LogP contribution in [0.25, 0.3) is 0 Å². The molecule has 3 heteroatoms. The van der Waals surface area contributed by atoms with Crippen molar-refractivity contribution in [3.8, 4) is 0 Å². The minimum Gasteiger partial charge on any atom is -0.385 e. The van der Waals surface area contributed by atoms with Gasteiger partial charge in [0.05, 0.1) is 0 Å². The second-order valence-electron chi connectivity index (χ2n) is 3.66. The summed E-state index contributed by atoms with van der Waals surface area (Å²) in [6, 6.07) is 5.22. The van der Waals surface area contributed by atoms with Gasteiger partial charge in [-0.25, -0.2) is 4.39 Å². The van der Waals surface area contributed by atoms with Crippen molar-refractivity contribution in [3.05, 3.63) is 29.6 Å². The maximum Gasteiger partial charge on any atom is 0.126 e. The zero-order valence-electron chi connectivity index (χ0n) is 8.68. The van der Waals surface area contributed by atoms with Crippen molar-refractivity contribution in [2.24, 2.45) is 5.73 Å². The minimum absolute atomic E-state index is 0.164. The van der Waals surface area contributed by atoms with Gasteiger partial charge in [0.15, 0.2) is 0 Å². The van der Waals surface area contributed by atoms with E-state index in [1.165, 1.54) is 6.07 Å². The summed E-state index contributed by atoms with van der Waals surface area (Å²) in [5.74, 6) is -0.164. The molecule has 3 N–H and O–H groups in total. The number of halogens is 1. The summed E-state index contributed by atoms with van der Waals surface area (Å²) < 4.78 is 12.9. The molecule has 0 radical (unpaired) electrons. The molecule has 0 aromatic heterocycles. The van der Waals surface area contributed by atoms with Gasteiger partial charge in [0.25, 0.3) is 0 Å². The van der Waals surface area contributed by atoms with E-state index < -0.39 is 0 Å². The van der Waals surface area contributed by atoms with Gasteiger partial charge in [-0.15, -0.1) is 0 Å². The Morgan fingerprint density at radius 2 is 2.21 bits per heavy atom. The minimum atomic E-state index is -0.164. The molecule has 0 saturated heterocycles. The van der Waals surface area contributed by atoms with Crippen molar-refractivity contribution in [2.45, 2.75) is 26.3 Å². The fourth-order valence-corrected chi connectivity index (χ4v) is 1.20. The number of nitrogens with one attached hydrogen (secondary N) is 1. The van der Waals surface area contributed by atoms with Crippen molar-refractivity contribution >= 4 is 5.69 Å². The largest absolute Gasteiger partial charge is 0.385 e. The summed E-state index contributed by atoms with van der Waals surface area (Å²) in [6.45, 7) is 4.55. The van der Waals surface area contributed by atoms with Crippen molar-refractivity contribution in [3.63, 3.8) is 0 Å². The monoisotopic (exact) mass is 196 g/mol. The van der Waals surface area contributed by atoms with Crippen LogP contribution >= 0.6 is 0 Å². The van der Waals surface area contributed by atoms with Crippen LogP contribution in [0.3, 0.4) is 0 Å². The molecule has 1 unspecified atom stereocenters. The first-order valence-corrected chi connectivity index (χ1v) is 4.85. The highest BCUT2D eigenvalue weighted by atomic mass is 19.1. The number of nitrogens with two attached hydrogens (primary N) is 1. The van der Waals surface area contributed by atoms with Gasteiger partial charge < -0.3 is 11.1 Å². The summed E-state index contributed by atoms with van der Waals surface area (Å²) >= 11 is 0. The van der Waals surface area contributed by atoms with E-state index in [1.54, 1.807) is 19.1 Å². The lowest BCUT2D eigenvalue weighted by molar-refractivity contribution is 0.618. The molecule has 1 aromatic rings. The first kappa shape index (κ1) is 11.0. The fourth-order valence-electron chi connectivity index (χ4n) is 1.20. The van der Waals surface area contributed by atoms with E-state index in [0.29, 0.717) is 5.56 Å². The summed E-state index contributed by atoms with van der Waals surface area (Å²) in [4.78, 5) is 0. The summed E-state index contributed by atoms with van der Waals surface area (Å²) in [5, 5.41) is 3.20. The zero-order valence-corrected chi connectivity index (χ0v) is 8.68. The van der Waals surface area contributed by atoms with E-state index in [2.05, 4.69) is 5.32 Å². The lowest BCUT2D eigenvalue weighted by Crippen LogP contribution is -2.19. The lowest BCUT2D eigenvalue weighted by Gasteiger charge is -2.09. The Bertz CT molecular complexity index is 297. The molecule has 0 aliphatic rings. The second kappa shape index (κ2) is 4.96. The third kappa shape index (κ3) is 3.34. The quantitative estimate of drug-likeness (QED) is 0.775. The van der Waals surface area contributed by atoms with Gasteiger partial charge in [0.1, 0.15) is 5.82 Å². The maximum atomic E-state index is 12.9. The van der Waals surface area contributed by atoms with E-state index >= 15 is 0 Å². The first-order valence-electron chi connectivity index (χ1n) is 4.85. The van der Waals surface area contributed by atoms with Crippen LogP contribution in [0, 0.1) is 12.7 Å². The van der Waals surface area contributed by atoms with Crippen LogP contribution in [0.4, 0.5) is 10.1 Å². The van der Waals surface area contributed by atoms with Gasteiger partial charge in [0.2, 0.25) is 0 Å². The van der Waals surface area contributed by atoms with Crippen molar-refractivity contribution < 1.29 is 4.39 Å². The van der Waals surface area contributed by atoms with Crippen LogP contribution in [0.1, 0.15) is 18.9 Å². The number of benzene rings is 1. The van der Waals surface area contributed by atoms with Gasteiger partial charge in [-0.3, -0.25) is 0 Å². The van der Waals surface area contributed by atoms with Crippen LogP contribution in [0.2, 0.25) is 0 Å². The molecule has 0 bridgehead atoms. The number of hydrogen-bond donors (Lipinski definition) is 2. The van der Waals surface area contributed by atoms with Crippen molar-refractivity contribution in [1.29, 1.82) is 0 Å². The number of anilines is 1. The second-order valence-corrected chi connectivity index (χ2v) is 3.66. The molecule has 0 saturated carbocycles. The van der Waals surface area contributed by atoms with Crippen LogP contribution in [-0.2, 0) is 0 Å². The van der Waals surface area contributed by atoms with Gasteiger partial charge >= 0.3 is 0 Å². The van der Waals surface area contributed by atoms with E-state index in [9.17, 15) is 4.39 Å². The highest BCUT2D eigenvalue weighted by Gasteiger charge is 1.98. The molecular weight excluding hydrogens is 179 g/mol. The van der Waals surface area contributed by atoms with Gasteiger partial charge in [-0.05, 0) is 44.0 Å². The summed E-state index contributed by atoms with van der Waals surface area (Å²) in [7, 11) is 0. The van der Waals surface area contributed by atoms with Crippen molar-refractivity contribution in [2.75, 3.05) is 11.9 Å². The summed E-state index contributed by atoms with van der Waals surface area (Å²) in [5.41, 5.74) is 7.22. The Hall–Kier alpha value is -1.09. The third-order valence-corrected chi connectivity index (χ3v) is 2.09. The number of aryl methyl sites for hydroxylation is 1. The van der Waals surface area contributed by atoms with E-state index in [0.717, 1.165) is 18.7 Å². The van der Waals surface area contributed by atoms with Gasteiger partial charge in [-0.1, -0.05) is 0 Å². The predicted molar refractivity (Wildman–Crippen MR) is 57.9 cm³/mol. The molecule has 2 nitrogen and oxygen atoms in total. The zero-order chi connectivity index (χ0) is 10.6. The molecule has 0 spiro atoms. The average molecular weight is 196 g/mol. The SMILES string of the molecule is Cc1cc(NCCC(C)N)ccc1F. The van der Waals surface area contributed by atoms with E-state index in [-0.39, 0.29) is 11.9 Å². The van der Waals surface area contributed by atoms with Crippen LogP contribution in [0.15, 0.2) is 18.2 Å². The Balaban J connectivity index is 2.47. The molecule has 1 aromatic carbocycles. The Kier molecular flexibility index (Phi) is 3.89. The highest BCUT2D eigenvalue weighted by molar-refractivity contribution is 5.45. The van der Waals surface area contributed by atoms with Crippen LogP contribution < -0.4 is 11.1 Å². The van der Waals surface area contributed by atoms with Gasteiger partial charge in [0, 0.05) is 18.3 Å². The number of rotatable bonds is 4. The summed E-state index contributed by atoms with van der Waals surface area (Å²) in [6.07, 6.45) is 0.913. The maximum absolute atomic E-state index is 12.9. The average Bonchev–Trinajstić information content (AvgIpc) is 2.10. The molecule has 1 atom stereocenters. The standard InChI is InChI=1S/C11H17FN2/c1-8-7-10(3-4-11(8)12)14-6-5-9(2)13/h3-4,7,9,14H,5-6,13H2,1-2H3. The Morgan fingerprint density at radius 1 is 1.50 bits per heavy atom. The molecule has 0 heterocycles. The van der Waals surface area contributed by atoms with E-state index in [4.69, 9.17) is 5.73 Å². The highest BCUT2D eigenvalue weighted by Crippen LogP contribution is 2.13.